The number of benzene rings is 2. The van der Waals surface area contributed by atoms with Gasteiger partial charge in [-0.15, -0.1) is 10.2 Å². The molecule has 6 heterocycles. The lowest BCUT2D eigenvalue weighted by molar-refractivity contribution is 0.0833. The average Bonchev–Trinajstić information content (AvgIpc) is 3.95. The number of rotatable bonds is 11. The number of fused-ring (bicyclic) bond motifs is 2. The van der Waals surface area contributed by atoms with Crippen LogP contribution in [0.5, 0.6) is 0 Å². The molecule has 0 amide bonds. The molecule has 0 unspecified atom stereocenters. The van der Waals surface area contributed by atoms with Crippen molar-refractivity contribution in [2.45, 2.75) is 113 Å². The lowest BCUT2D eigenvalue weighted by atomic mass is 9.84. The highest BCUT2D eigenvalue weighted by atomic mass is 32.2. The van der Waals surface area contributed by atoms with E-state index < -0.39 is 41.7 Å². The number of hydrogen-bond donors (Lipinski definition) is 2. The summed E-state index contributed by atoms with van der Waals surface area (Å²) in [5.41, 5.74) is 0.585. The van der Waals surface area contributed by atoms with E-state index in [1.807, 2.05) is 50.5 Å². The second-order valence-electron chi connectivity index (χ2n) is 19.3. The Balaban J connectivity index is 1.19. The van der Waals surface area contributed by atoms with Crippen LogP contribution in [0.2, 0.25) is 0 Å². The third kappa shape index (κ3) is 8.61. The molecule has 2 aliphatic heterocycles. The predicted octanol–water partition coefficient (Wildman–Crippen LogP) is 3.40. The summed E-state index contributed by atoms with van der Waals surface area (Å²) in [5.74, 6) is 2.12. The quantitative estimate of drug-likeness (QED) is 0.190. The SMILES string of the molecule is CC(C)(C)c1nc(N2CC[C@@](C)(O)C2)c2nnn(Cc3cc(CC(C)(C)c4nc(N5CC[C@](C)(O)C5)c5nnn(Cc6ccccc6S(C)(=O)=O)c5n4)ccc3S(C)(=O)=O)c2n1. The van der Waals surface area contributed by atoms with Crippen molar-refractivity contribution in [3.05, 3.63) is 70.8 Å². The van der Waals surface area contributed by atoms with Gasteiger partial charge in [0, 0.05) is 49.5 Å². The summed E-state index contributed by atoms with van der Waals surface area (Å²) in [6.07, 6.45) is 3.83. The molecule has 2 aromatic carbocycles. The topological polar surface area (TPSA) is 228 Å². The lowest BCUT2D eigenvalue weighted by Gasteiger charge is -2.26. The average molecular weight is 887 g/mol. The van der Waals surface area contributed by atoms with E-state index in [2.05, 4.69) is 20.6 Å². The van der Waals surface area contributed by atoms with Crippen LogP contribution in [0.15, 0.2) is 52.3 Å². The van der Waals surface area contributed by atoms with Gasteiger partial charge in [0.25, 0.3) is 0 Å². The molecule has 8 rings (SSSR count). The summed E-state index contributed by atoms with van der Waals surface area (Å²) in [6, 6.07) is 12.0. The van der Waals surface area contributed by atoms with Crippen LogP contribution < -0.4 is 9.80 Å². The zero-order valence-corrected chi connectivity index (χ0v) is 38.2. The van der Waals surface area contributed by atoms with Crippen molar-refractivity contribution >= 4 is 53.6 Å². The Kier molecular flexibility index (Phi) is 10.5. The van der Waals surface area contributed by atoms with Crippen molar-refractivity contribution in [2.75, 3.05) is 48.5 Å². The molecule has 2 saturated heterocycles. The van der Waals surface area contributed by atoms with E-state index in [0.29, 0.717) is 102 Å². The highest BCUT2D eigenvalue weighted by molar-refractivity contribution is 7.91. The van der Waals surface area contributed by atoms with Gasteiger partial charge in [0.05, 0.1) is 34.1 Å². The summed E-state index contributed by atoms with van der Waals surface area (Å²) in [4.78, 5) is 24.3. The number of aliphatic hydroxyl groups is 2. The third-order valence-electron chi connectivity index (χ3n) is 11.7. The molecule has 4 aromatic heterocycles. The Labute approximate surface area is 361 Å². The van der Waals surface area contributed by atoms with E-state index in [9.17, 15) is 27.0 Å². The first kappa shape index (κ1) is 43.5. The Bertz CT molecular complexity index is 2950. The van der Waals surface area contributed by atoms with Crippen molar-refractivity contribution in [2.24, 2.45) is 0 Å². The number of aromatic nitrogens is 10. The number of anilines is 2. The number of hydrogen-bond acceptors (Lipinski definition) is 16. The Morgan fingerprint density at radius 1 is 0.661 bits per heavy atom. The molecule has 2 N–H and O–H groups in total. The third-order valence-corrected chi connectivity index (χ3v) is 14.0. The van der Waals surface area contributed by atoms with Crippen LogP contribution >= 0.6 is 0 Å². The molecule has 62 heavy (non-hydrogen) atoms. The minimum Gasteiger partial charge on any atom is -0.388 e. The van der Waals surface area contributed by atoms with E-state index in [4.69, 9.17) is 19.9 Å². The van der Waals surface area contributed by atoms with Crippen LogP contribution in [0, 0.1) is 0 Å². The van der Waals surface area contributed by atoms with E-state index in [-0.39, 0.29) is 22.9 Å². The summed E-state index contributed by atoms with van der Waals surface area (Å²) < 4.78 is 55.2. The van der Waals surface area contributed by atoms with Gasteiger partial charge in [0.2, 0.25) is 0 Å². The molecular weight excluding hydrogens is 833 g/mol. The zero-order chi connectivity index (χ0) is 44.8. The highest BCUT2D eigenvalue weighted by Gasteiger charge is 2.37. The molecule has 0 bridgehead atoms. The standard InChI is InChI=1S/C42H54N12O6S2/c1-39(2,3)37-43-33(51-18-16-41(6,55)24-51)31-35(45-37)54(50-47-31)23-28-20-26(14-15-30(28)62(9,59)60)21-40(4,5)38-44-34(52-19-17-42(7,56)25-52)32-36(46-38)53(49-48-32)22-27-12-10-11-13-29(27)61(8,57)58/h10-15,20,55-56H,16-19,21-25H2,1-9H3/t41-,42+/m1/s1. The summed E-state index contributed by atoms with van der Waals surface area (Å²) >= 11 is 0. The van der Waals surface area contributed by atoms with Gasteiger partial charge in [-0.3, -0.25) is 0 Å². The van der Waals surface area contributed by atoms with Crippen molar-refractivity contribution < 1.29 is 27.0 Å². The summed E-state index contributed by atoms with van der Waals surface area (Å²) in [5, 5.41) is 39.7. The molecular formula is C42H54N12O6S2. The molecule has 20 heteroatoms. The van der Waals surface area contributed by atoms with Crippen molar-refractivity contribution in [3.8, 4) is 0 Å². The molecule has 0 spiro atoms. The first-order chi connectivity index (χ1) is 28.8. The van der Waals surface area contributed by atoms with Crippen LogP contribution in [0.25, 0.3) is 22.3 Å². The highest BCUT2D eigenvalue weighted by Crippen LogP contribution is 2.36. The minimum absolute atomic E-state index is 0.0478. The maximum absolute atomic E-state index is 13.3. The summed E-state index contributed by atoms with van der Waals surface area (Å²) in [7, 11) is -7.23. The van der Waals surface area contributed by atoms with Gasteiger partial charge in [-0.1, -0.05) is 75.4 Å². The van der Waals surface area contributed by atoms with Gasteiger partial charge in [0.15, 0.2) is 53.6 Å². The van der Waals surface area contributed by atoms with E-state index in [0.717, 1.165) is 5.56 Å². The second kappa shape index (κ2) is 15.0. The van der Waals surface area contributed by atoms with Gasteiger partial charge >= 0.3 is 0 Å². The molecule has 2 aliphatic rings. The summed E-state index contributed by atoms with van der Waals surface area (Å²) in [6.45, 7) is 15.6. The Morgan fingerprint density at radius 2 is 1.15 bits per heavy atom. The smallest absolute Gasteiger partial charge is 0.184 e. The fraction of sp³-hybridized carbons (Fsp3) is 0.524. The second-order valence-corrected chi connectivity index (χ2v) is 23.3. The Hall–Kier alpha value is -5.18. The zero-order valence-electron chi connectivity index (χ0n) is 36.6. The molecule has 0 saturated carbocycles. The molecule has 18 nitrogen and oxygen atoms in total. The first-order valence-corrected chi connectivity index (χ1v) is 24.3. The monoisotopic (exact) mass is 886 g/mol. The van der Waals surface area contributed by atoms with Crippen molar-refractivity contribution in [1.82, 2.24) is 49.9 Å². The predicted molar refractivity (Wildman–Crippen MR) is 234 cm³/mol. The first-order valence-electron chi connectivity index (χ1n) is 20.6. The number of nitrogens with zero attached hydrogens (tertiary/aromatic N) is 12. The van der Waals surface area contributed by atoms with Crippen LogP contribution in [-0.4, -0.2) is 127 Å². The minimum atomic E-state index is -3.69. The molecule has 6 aromatic rings. The molecule has 0 aliphatic carbocycles. The van der Waals surface area contributed by atoms with Crippen LogP contribution in [0.1, 0.15) is 89.6 Å². The fourth-order valence-electron chi connectivity index (χ4n) is 8.36. The maximum atomic E-state index is 13.3. The van der Waals surface area contributed by atoms with Crippen molar-refractivity contribution in [1.29, 1.82) is 0 Å². The van der Waals surface area contributed by atoms with Gasteiger partial charge < -0.3 is 20.0 Å². The number of β-amino-alcohol motifs (C(OH)–C–C–N with tert-alkyl or cyclic N) is 2. The molecule has 330 valence electrons. The Morgan fingerprint density at radius 3 is 1.65 bits per heavy atom. The van der Waals surface area contributed by atoms with Gasteiger partial charge in [0.1, 0.15) is 11.6 Å². The van der Waals surface area contributed by atoms with E-state index in [1.165, 1.54) is 12.5 Å². The normalized spacial score (nSPS) is 20.3. The van der Waals surface area contributed by atoms with Crippen LogP contribution in [0.3, 0.4) is 0 Å². The van der Waals surface area contributed by atoms with Crippen molar-refractivity contribution in [3.63, 3.8) is 0 Å². The molecule has 2 fully saturated rings. The molecule has 0 radical (unpaired) electrons. The van der Waals surface area contributed by atoms with Crippen LogP contribution in [0.4, 0.5) is 11.6 Å². The van der Waals surface area contributed by atoms with E-state index >= 15 is 0 Å². The molecule has 2 atom stereocenters. The largest absolute Gasteiger partial charge is 0.388 e. The fourth-order valence-corrected chi connectivity index (χ4v) is 10.2. The van der Waals surface area contributed by atoms with Crippen LogP contribution in [-0.2, 0) is 50.0 Å². The van der Waals surface area contributed by atoms with E-state index in [1.54, 1.807) is 59.6 Å². The lowest BCUT2D eigenvalue weighted by Crippen LogP contribution is -2.31. The van der Waals surface area contributed by atoms with Gasteiger partial charge in [-0.2, -0.15) is 0 Å². The number of sulfone groups is 2. The van der Waals surface area contributed by atoms with Gasteiger partial charge in [-0.05, 0) is 61.9 Å². The van der Waals surface area contributed by atoms with Gasteiger partial charge in [-0.25, -0.2) is 46.1 Å². The maximum Gasteiger partial charge on any atom is 0.184 e.